The van der Waals surface area contributed by atoms with E-state index in [-0.39, 0.29) is 25.7 Å². The van der Waals surface area contributed by atoms with Gasteiger partial charge in [0.05, 0.1) is 0 Å². The molecule has 1 N–H and O–H groups in total. The summed E-state index contributed by atoms with van der Waals surface area (Å²) in [6.07, 6.45) is -1.18. The number of anilines is 1. The number of carbonyl (C=O) groups is 1. The molecule has 6 rings (SSSR count). The average molecular weight is 815 g/mol. The van der Waals surface area contributed by atoms with Crippen LogP contribution in [0.5, 0.6) is 0 Å². The van der Waals surface area contributed by atoms with E-state index >= 15 is 0 Å². The maximum absolute atomic E-state index is 14.1. The summed E-state index contributed by atoms with van der Waals surface area (Å²) < 4.78 is 42.9. The van der Waals surface area contributed by atoms with Gasteiger partial charge in [0.25, 0.3) is 0 Å². The Labute approximate surface area is 268 Å². The van der Waals surface area contributed by atoms with Crippen molar-refractivity contribution in [3.05, 3.63) is 106 Å². The molecule has 0 aliphatic carbocycles. The second kappa shape index (κ2) is 11.9. The van der Waals surface area contributed by atoms with Crippen LogP contribution in [0.25, 0.3) is 16.7 Å². The predicted molar refractivity (Wildman–Crippen MR) is 163 cm³/mol. The fraction of sp³-hybridized carbons (Fsp3) is 0.226. The van der Waals surface area contributed by atoms with E-state index in [1.807, 2.05) is 42.5 Å². The summed E-state index contributed by atoms with van der Waals surface area (Å²) in [6, 6.07) is 18.4. The number of halogens is 5. The van der Waals surface area contributed by atoms with Crippen molar-refractivity contribution in [2.24, 2.45) is 0 Å². The van der Waals surface area contributed by atoms with Gasteiger partial charge in [0.15, 0.2) is 0 Å². The molecule has 0 bridgehead atoms. The Morgan fingerprint density at radius 2 is 1.69 bits per heavy atom. The van der Waals surface area contributed by atoms with Gasteiger partial charge in [-0.3, -0.25) is 0 Å². The maximum atomic E-state index is 14.1. The number of rotatable bonds is 5. The number of piperidine rings is 1. The zero-order valence-corrected chi connectivity index (χ0v) is 27.2. The molecule has 0 radical (unpaired) electrons. The number of thioether (sulfide) groups is 1. The average Bonchev–Trinajstić information content (AvgIpc) is 2.98. The molecule has 2 aliphatic heterocycles. The van der Waals surface area contributed by atoms with Crippen molar-refractivity contribution in [2.45, 2.75) is 36.9 Å². The number of nitrogens with zero attached hydrogens (tertiary/aromatic N) is 2. The molecule has 0 saturated carbocycles. The van der Waals surface area contributed by atoms with Crippen LogP contribution in [0.4, 0.5) is 18.9 Å². The van der Waals surface area contributed by atoms with Crippen LogP contribution in [-0.2, 0) is 17.5 Å². The number of aromatic nitrogens is 1. The number of hydrogen-bond acceptors (Lipinski definition) is 5. The molecule has 0 amide bonds. The van der Waals surface area contributed by atoms with Crippen molar-refractivity contribution in [1.29, 1.82) is 0 Å². The van der Waals surface area contributed by atoms with Gasteiger partial charge in [-0.25, -0.2) is 0 Å². The molecule has 4 aromatic rings. The summed E-state index contributed by atoms with van der Waals surface area (Å²) in [5.74, 6) is -0.463. The zero-order valence-electron chi connectivity index (χ0n) is 22.0. The first kappa shape index (κ1) is 29.5. The van der Waals surface area contributed by atoms with E-state index in [0.29, 0.717) is 9.09 Å². The van der Waals surface area contributed by atoms with Crippen molar-refractivity contribution < 1.29 is 44.3 Å². The number of aliphatic hydroxyl groups is 1. The van der Waals surface area contributed by atoms with Gasteiger partial charge < -0.3 is 0 Å². The standard InChI is InChI=1S/C31H24F3I2N2O3S/c32-31(33,34)19-5-4-6-22(15-19)42-28-27(39)25-26(36-29(28)40)23-16-21(37-13-2-1-3-14-37)11-12-24(23)38(30(25)41)17-18-7-9-20(35)10-8-18/h4-12,15-16,39H,1-3,13-14,17H2/q-1. The fourth-order valence-corrected chi connectivity index (χ4v) is 9.53. The number of carbonyl (C=O) groups excluding carboxylic acids is 1. The van der Waals surface area contributed by atoms with Crippen molar-refractivity contribution in [2.75, 3.05) is 18.0 Å². The van der Waals surface area contributed by atoms with E-state index in [1.54, 1.807) is 4.57 Å². The van der Waals surface area contributed by atoms with Gasteiger partial charge in [0.2, 0.25) is 0 Å². The molecule has 1 fully saturated rings. The Morgan fingerprint density at radius 1 is 0.952 bits per heavy atom. The Bertz CT molecular complexity index is 1800. The SMILES string of the molecule is O=C1[I-]c2c(c(=O)n(Cc3ccc(I)cc3)c3ccc(N4CCCCC4)cc23)C(O)=C1Sc1cccc(C(F)(F)F)c1. The molecule has 218 valence electrons. The van der Waals surface area contributed by atoms with Crippen LogP contribution in [0.2, 0.25) is 0 Å². The first-order valence-corrected chi connectivity index (χ1v) is 17.3. The van der Waals surface area contributed by atoms with Gasteiger partial charge in [-0.1, -0.05) is 0 Å². The van der Waals surface area contributed by atoms with Crippen molar-refractivity contribution in [3.63, 3.8) is 0 Å². The van der Waals surface area contributed by atoms with E-state index in [4.69, 9.17) is 0 Å². The minimum atomic E-state index is -4.54. The molecular formula is C31H24F3I2N2O3S-. The molecule has 0 unspecified atom stereocenters. The monoisotopic (exact) mass is 815 g/mol. The first-order chi connectivity index (χ1) is 20.1. The Hall–Kier alpha value is -2.52. The number of benzene rings is 3. The van der Waals surface area contributed by atoms with Crippen LogP contribution >= 0.6 is 34.4 Å². The third-order valence-electron chi connectivity index (χ3n) is 7.35. The predicted octanol–water partition coefficient (Wildman–Crippen LogP) is 4.48. The van der Waals surface area contributed by atoms with E-state index in [0.717, 1.165) is 70.0 Å². The van der Waals surface area contributed by atoms with E-state index in [1.165, 1.54) is 18.6 Å². The fourth-order valence-electron chi connectivity index (χ4n) is 5.27. The molecule has 3 heterocycles. The Kier molecular flexibility index (Phi) is 8.35. The molecule has 1 saturated heterocycles. The van der Waals surface area contributed by atoms with Crippen molar-refractivity contribution in [3.8, 4) is 0 Å². The molecule has 2 aliphatic rings. The van der Waals surface area contributed by atoms with Gasteiger partial charge in [0.1, 0.15) is 0 Å². The topological polar surface area (TPSA) is 62.5 Å². The number of pyridine rings is 1. The summed E-state index contributed by atoms with van der Waals surface area (Å²) in [6.45, 7) is 2.11. The quantitative estimate of drug-likeness (QED) is 0.238. The molecule has 1 aromatic heterocycles. The molecule has 11 heteroatoms. The molecule has 5 nitrogen and oxygen atoms in total. The number of fused-ring (bicyclic) bond motifs is 3. The third kappa shape index (κ3) is 5.83. The molecular weight excluding hydrogens is 791 g/mol. The van der Waals surface area contributed by atoms with Crippen LogP contribution in [0.3, 0.4) is 0 Å². The van der Waals surface area contributed by atoms with Crippen LogP contribution in [0.1, 0.15) is 36.0 Å². The number of aliphatic hydroxyl groups excluding tert-OH is 1. The van der Waals surface area contributed by atoms with Gasteiger partial charge in [0, 0.05) is 0 Å². The molecule has 42 heavy (non-hydrogen) atoms. The Morgan fingerprint density at radius 3 is 2.40 bits per heavy atom. The first-order valence-electron chi connectivity index (χ1n) is 13.3. The molecule has 0 atom stereocenters. The van der Waals surface area contributed by atoms with Crippen LogP contribution in [0.15, 0.2) is 81.3 Å². The Balaban J connectivity index is 1.52. The van der Waals surface area contributed by atoms with E-state index in [9.17, 15) is 27.9 Å². The second-order valence-corrected chi connectivity index (χ2v) is 15.1. The van der Waals surface area contributed by atoms with Gasteiger partial charge in [-0.05, 0) is 0 Å². The summed E-state index contributed by atoms with van der Waals surface area (Å²) in [5.41, 5.74) is 1.41. The van der Waals surface area contributed by atoms with Gasteiger partial charge in [-0.2, -0.15) is 0 Å². The van der Waals surface area contributed by atoms with Gasteiger partial charge >= 0.3 is 270 Å². The zero-order chi connectivity index (χ0) is 29.6. The summed E-state index contributed by atoms with van der Waals surface area (Å²) in [4.78, 5) is 29.9. The van der Waals surface area contributed by atoms with Crippen LogP contribution in [0, 0.1) is 7.14 Å². The van der Waals surface area contributed by atoms with Crippen molar-refractivity contribution >= 4 is 60.5 Å². The normalized spacial score (nSPS) is 16.0. The third-order valence-corrected chi connectivity index (χ3v) is 12.2. The minimum absolute atomic E-state index is 0.0747. The number of hydrogen-bond donors (Lipinski definition) is 1. The number of allylic oxidation sites excluding steroid dienone is 1. The molecule has 3 aromatic carbocycles. The second-order valence-electron chi connectivity index (χ2n) is 10.1. The van der Waals surface area contributed by atoms with Crippen molar-refractivity contribution in [1.82, 2.24) is 4.57 Å². The molecule has 0 spiro atoms. The van der Waals surface area contributed by atoms with Crippen LogP contribution in [-0.4, -0.2) is 26.6 Å². The summed E-state index contributed by atoms with van der Waals surface area (Å²) in [7, 11) is 0. The number of alkyl halides is 3. The van der Waals surface area contributed by atoms with E-state index in [2.05, 4.69) is 27.5 Å². The van der Waals surface area contributed by atoms with Crippen LogP contribution < -0.4 is 31.7 Å². The summed E-state index contributed by atoms with van der Waals surface area (Å²) in [5, 5.41) is 12.2. The summed E-state index contributed by atoms with van der Waals surface area (Å²) >= 11 is 1.57. The van der Waals surface area contributed by atoms with E-state index < -0.39 is 44.3 Å². The van der Waals surface area contributed by atoms with Gasteiger partial charge in [-0.15, -0.1) is 0 Å².